The predicted molar refractivity (Wildman–Crippen MR) is 110 cm³/mol. The van der Waals surface area contributed by atoms with Crippen LogP contribution in [0.2, 0.25) is 0 Å². The Kier molecular flexibility index (Phi) is 6.15. The molecule has 29 heavy (non-hydrogen) atoms. The van der Waals surface area contributed by atoms with E-state index in [1.54, 1.807) is 30.5 Å². The number of hydrogen-bond donors (Lipinski definition) is 2. The summed E-state index contributed by atoms with van der Waals surface area (Å²) in [5.74, 6) is -1.81. The molecule has 2 aromatic heterocycles. The van der Waals surface area contributed by atoms with Crippen LogP contribution < -0.4 is 10.6 Å². The van der Waals surface area contributed by atoms with Crippen molar-refractivity contribution < 1.29 is 19.3 Å². The van der Waals surface area contributed by atoms with Gasteiger partial charge in [0.05, 0.1) is 16.3 Å². The first-order chi connectivity index (χ1) is 13.8. The third kappa shape index (κ3) is 4.92. The maximum Gasteiger partial charge on any atom is 0.313 e. The molecule has 2 N–H and O–H groups in total. The third-order valence-corrected chi connectivity index (χ3v) is 5.73. The molecule has 2 amide bonds. The van der Waals surface area contributed by atoms with Gasteiger partial charge in [-0.15, -0.1) is 11.3 Å². The molecule has 0 aliphatic heterocycles. The Balaban J connectivity index is 1.56. The summed E-state index contributed by atoms with van der Waals surface area (Å²) in [6.07, 6.45) is 0. The van der Waals surface area contributed by atoms with Gasteiger partial charge in [0, 0.05) is 33.6 Å². The van der Waals surface area contributed by atoms with E-state index in [4.69, 9.17) is 0 Å². The summed E-state index contributed by atoms with van der Waals surface area (Å²) < 4.78 is 0. The van der Waals surface area contributed by atoms with Crippen molar-refractivity contribution in [3.8, 4) is 0 Å². The summed E-state index contributed by atoms with van der Waals surface area (Å²) in [7, 11) is 0. The van der Waals surface area contributed by atoms with Crippen molar-refractivity contribution in [3.63, 3.8) is 0 Å². The van der Waals surface area contributed by atoms with Gasteiger partial charge in [-0.3, -0.25) is 24.5 Å². The van der Waals surface area contributed by atoms with E-state index >= 15 is 0 Å². The number of nitrogens with one attached hydrogen (secondary N) is 2. The van der Waals surface area contributed by atoms with Crippen LogP contribution in [-0.4, -0.2) is 22.5 Å². The first-order valence-corrected chi connectivity index (χ1v) is 10.1. The fourth-order valence-corrected chi connectivity index (χ4v) is 4.00. The lowest BCUT2D eigenvalue weighted by Crippen LogP contribution is -2.34. The Labute approximate surface area is 173 Å². The molecular weight excluding hydrogens is 414 g/mol. The van der Waals surface area contributed by atoms with Crippen LogP contribution in [0.3, 0.4) is 0 Å². The molecule has 2 heterocycles. The van der Waals surface area contributed by atoms with Gasteiger partial charge in [-0.05, 0) is 42.1 Å². The lowest BCUT2D eigenvalue weighted by molar-refractivity contribution is -0.384. The molecule has 0 spiro atoms. The van der Waals surface area contributed by atoms with Crippen LogP contribution in [0.25, 0.3) is 0 Å². The quantitative estimate of drug-likeness (QED) is 0.269. The van der Waals surface area contributed by atoms with Crippen molar-refractivity contribution in [1.82, 2.24) is 5.32 Å². The molecule has 0 saturated carbocycles. The van der Waals surface area contributed by atoms with Crippen molar-refractivity contribution >= 4 is 51.6 Å². The summed E-state index contributed by atoms with van der Waals surface area (Å²) in [5, 5.41) is 19.3. The van der Waals surface area contributed by atoms with Gasteiger partial charge < -0.3 is 10.6 Å². The van der Waals surface area contributed by atoms with Gasteiger partial charge in [-0.2, -0.15) is 11.3 Å². The topological polar surface area (TPSA) is 118 Å². The summed E-state index contributed by atoms with van der Waals surface area (Å²) >= 11 is 2.69. The van der Waals surface area contributed by atoms with E-state index < -0.39 is 16.7 Å². The van der Waals surface area contributed by atoms with Crippen molar-refractivity contribution in [2.45, 2.75) is 13.5 Å². The van der Waals surface area contributed by atoms with Crippen LogP contribution in [0, 0.1) is 17.0 Å². The van der Waals surface area contributed by atoms with Gasteiger partial charge in [0.25, 0.3) is 5.69 Å². The number of nitro benzene ring substituents is 1. The van der Waals surface area contributed by atoms with Gasteiger partial charge in [0.15, 0.2) is 0 Å². The van der Waals surface area contributed by atoms with Crippen LogP contribution >= 0.6 is 22.7 Å². The normalized spacial score (nSPS) is 10.4. The number of ketones is 1. The molecule has 0 fully saturated rings. The standard InChI is InChI=1S/C19H15N3O5S2/c1-11-8-13(22(26)27)2-4-15(11)21-19(25)18(24)20-9-14-3-5-16(29-14)17(23)12-6-7-28-10-12/h2-8,10H,9H2,1H3,(H,20,24)(H,21,25). The Morgan fingerprint density at radius 2 is 1.90 bits per heavy atom. The zero-order chi connectivity index (χ0) is 21.0. The highest BCUT2D eigenvalue weighted by Gasteiger charge is 2.17. The molecule has 3 aromatic rings. The smallest absolute Gasteiger partial charge is 0.313 e. The summed E-state index contributed by atoms with van der Waals surface area (Å²) in [6, 6.07) is 9.09. The van der Waals surface area contributed by atoms with E-state index in [9.17, 15) is 24.5 Å². The van der Waals surface area contributed by atoms with E-state index in [-0.39, 0.29) is 18.0 Å². The molecule has 0 saturated heterocycles. The molecule has 0 radical (unpaired) electrons. The highest BCUT2D eigenvalue weighted by molar-refractivity contribution is 7.14. The van der Waals surface area contributed by atoms with Gasteiger partial charge in [-0.25, -0.2) is 0 Å². The number of nitrogens with zero attached hydrogens (tertiary/aromatic N) is 1. The fourth-order valence-electron chi connectivity index (χ4n) is 2.46. The minimum atomic E-state index is -0.881. The second-order valence-corrected chi connectivity index (χ2v) is 7.95. The number of hydrogen-bond acceptors (Lipinski definition) is 7. The van der Waals surface area contributed by atoms with E-state index in [1.165, 1.54) is 40.9 Å². The Morgan fingerprint density at radius 1 is 1.10 bits per heavy atom. The molecule has 8 nitrogen and oxygen atoms in total. The van der Waals surface area contributed by atoms with E-state index in [2.05, 4.69) is 10.6 Å². The van der Waals surface area contributed by atoms with Crippen molar-refractivity contribution in [2.75, 3.05) is 5.32 Å². The largest absolute Gasteiger partial charge is 0.343 e. The number of amides is 2. The van der Waals surface area contributed by atoms with Gasteiger partial charge in [0.2, 0.25) is 5.78 Å². The van der Waals surface area contributed by atoms with E-state index in [0.717, 1.165) is 4.88 Å². The number of carbonyl (C=O) groups excluding carboxylic acids is 3. The lowest BCUT2D eigenvalue weighted by Gasteiger charge is -2.08. The van der Waals surface area contributed by atoms with E-state index in [1.807, 2.05) is 5.38 Å². The van der Waals surface area contributed by atoms with Gasteiger partial charge in [-0.1, -0.05) is 0 Å². The van der Waals surface area contributed by atoms with Crippen LogP contribution in [0.15, 0.2) is 47.2 Å². The molecule has 10 heteroatoms. The molecule has 0 unspecified atom stereocenters. The van der Waals surface area contributed by atoms with E-state index in [0.29, 0.717) is 21.7 Å². The SMILES string of the molecule is Cc1cc([N+](=O)[O-])ccc1NC(=O)C(=O)NCc1ccc(C(=O)c2ccsc2)s1. The lowest BCUT2D eigenvalue weighted by atomic mass is 10.2. The van der Waals surface area contributed by atoms with Gasteiger partial charge >= 0.3 is 11.8 Å². The Hall–Kier alpha value is -3.37. The third-order valence-electron chi connectivity index (χ3n) is 3.97. The summed E-state index contributed by atoms with van der Waals surface area (Å²) in [5.41, 5.74) is 1.30. The van der Waals surface area contributed by atoms with Crippen LogP contribution in [-0.2, 0) is 16.1 Å². The Bertz CT molecular complexity index is 1090. The number of rotatable bonds is 6. The number of benzene rings is 1. The van der Waals surface area contributed by atoms with Crippen LogP contribution in [0.4, 0.5) is 11.4 Å². The van der Waals surface area contributed by atoms with Crippen LogP contribution in [0.1, 0.15) is 25.7 Å². The highest BCUT2D eigenvalue weighted by atomic mass is 32.1. The molecule has 0 aliphatic rings. The highest BCUT2D eigenvalue weighted by Crippen LogP contribution is 2.22. The number of non-ortho nitro benzene ring substituents is 1. The summed E-state index contributed by atoms with van der Waals surface area (Å²) in [6.45, 7) is 1.70. The molecule has 148 valence electrons. The monoisotopic (exact) mass is 429 g/mol. The number of nitro groups is 1. The fraction of sp³-hybridized carbons (Fsp3) is 0.105. The zero-order valence-electron chi connectivity index (χ0n) is 15.1. The average Bonchev–Trinajstić information content (AvgIpc) is 3.39. The molecule has 0 atom stereocenters. The summed E-state index contributed by atoms with van der Waals surface area (Å²) in [4.78, 5) is 47.9. The van der Waals surface area contributed by atoms with Crippen molar-refractivity contribution in [3.05, 3.63) is 78.2 Å². The van der Waals surface area contributed by atoms with Gasteiger partial charge in [0.1, 0.15) is 0 Å². The molecular formula is C19H15N3O5S2. The first kappa shape index (κ1) is 20.4. The van der Waals surface area contributed by atoms with Crippen LogP contribution in [0.5, 0.6) is 0 Å². The number of anilines is 1. The average molecular weight is 429 g/mol. The number of thiophene rings is 2. The second kappa shape index (κ2) is 8.76. The minimum absolute atomic E-state index is 0.0831. The molecule has 3 rings (SSSR count). The second-order valence-electron chi connectivity index (χ2n) is 6.00. The molecule has 1 aromatic carbocycles. The first-order valence-electron chi connectivity index (χ1n) is 8.35. The maximum absolute atomic E-state index is 12.3. The minimum Gasteiger partial charge on any atom is -0.343 e. The number of aryl methyl sites for hydroxylation is 1. The molecule has 0 aliphatic carbocycles. The molecule has 0 bridgehead atoms. The zero-order valence-corrected chi connectivity index (χ0v) is 16.8. The predicted octanol–water partition coefficient (Wildman–Crippen LogP) is 3.51. The maximum atomic E-state index is 12.3. The number of carbonyl (C=O) groups is 3. The van der Waals surface area contributed by atoms with Crippen molar-refractivity contribution in [2.24, 2.45) is 0 Å². The Morgan fingerprint density at radius 3 is 2.55 bits per heavy atom. The van der Waals surface area contributed by atoms with Crippen molar-refractivity contribution in [1.29, 1.82) is 0 Å².